The Morgan fingerprint density at radius 3 is 1.93 bits per heavy atom. The summed E-state index contributed by atoms with van der Waals surface area (Å²) in [5, 5.41) is 4.60. The molecule has 0 atom stereocenters. The van der Waals surface area contributed by atoms with Gasteiger partial charge in [-0.3, -0.25) is 0 Å². The van der Waals surface area contributed by atoms with Gasteiger partial charge in [0, 0.05) is 43.9 Å². The summed E-state index contributed by atoms with van der Waals surface area (Å²) in [4.78, 5) is 15.1. The largest absolute Gasteiger partial charge is 0.456 e. The predicted octanol–water partition coefficient (Wildman–Crippen LogP) is 13.2. The van der Waals surface area contributed by atoms with Crippen molar-refractivity contribution in [2.45, 2.75) is 33.1 Å². The van der Waals surface area contributed by atoms with Crippen LogP contribution < -0.4 is 0 Å². The number of nitrogens with zero attached hydrogens (tertiary/aromatic N) is 4. The molecule has 0 aliphatic rings. The molecule has 0 saturated carbocycles. The fraction of sp³-hybridized carbons (Fsp3) is 0.100. The number of hydrogen-bond donors (Lipinski definition) is 0. The van der Waals surface area contributed by atoms with Gasteiger partial charge in [0.1, 0.15) is 11.2 Å². The van der Waals surface area contributed by atoms with Gasteiger partial charge in [-0.1, -0.05) is 104 Å². The highest BCUT2D eigenvalue weighted by atomic mass is 16.3. The molecule has 7 aromatic carbocycles. The lowest BCUT2D eigenvalue weighted by molar-refractivity contribution is 0.669. The number of furan rings is 1. The Balaban J connectivity index is 1.08. The third-order valence-corrected chi connectivity index (χ3v) is 10.8. The molecule has 0 unspecified atom stereocenters. The van der Waals surface area contributed by atoms with Gasteiger partial charge in [0.2, 0.25) is 0 Å². The van der Waals surface area contributed by atoms with Gasteiger partial charge in [0.05, 0.1) is 11.0 Å². The van der Waals surface area contributed by atoms with E-state index in [9.17, 15) is 0 Å². The molecule has 0 amide bonds. The highest BCUT2D eigenvalue weighted by molar-refractivity contribution is 6.11. The van der Waals surface area contributed by atoms with Gasteiger partial charge in [-0.25, -0.2) is 15.0 Å². The lowest BCUT2D eigenvalue weighted by Crippen LogP contribution is -2.00. The van der Waals surface area contributed by atoms with Crippen molar-refractivity contribution in [3.63, 3.8) is 0 Å². The van der Waals surface area contributed by atoms with Crippen LogP contribution in [-0.4, -0.2) is 19.5 Å². The Kier molecular flexibility index (Phi) is 8.06. The summed E-state index contributed by atoms with van der Waals surface area (Å²) in [6, 6.07) is 55.4. The van der Waals surface area contributed by atoms with E-state index >= 15 is 0 Å². The maximum atomic E-state index is 6.12. The van der Waals surface area contributed by atoms with E-state index in [1.54, 1.807) is 0 Å². The topological polar surface area (TPSA) is 56.7 Å². The van der Waals surface area contributed by atoms with Crippen LogP contribution in [-0.2, 0) is 6.42 Å². The Bertz CT molecular complexity index is 3030. The van der Waals surface area contributed by atoms with E-state index in [-0.39, 0.29) is 0 Å². The maximum absolute atomic E-state index is 6.12. The average Bonchev–Trinajstić information content (AvgIpc) is 3.77. The van der Waals surface area contributed by atoms with Crippen LogP contribution in [0, 0.1) is 6.92 Å². The minimum Gasteiger partial charge on any atom is -0.456 e. The zero-order chi connectivity index (χ0) is 36.9. The third kappa shape index (κ3) is 5.76. The molecule has 0 N–H and O–H groups in total. The van der Waals surface area contributed by atoms with Gasteiger partial charge in [-0.15, -0.1) is 0 Å². The number of hydrogen-bond acceptors (Lipinski definition) is 4. The number of aryl methyl sites for hydroxylation is 2. The molecule has 0 saturated heterocycles. The van der Waals surface area contributed by atoms with Gasteiger partial charge < -0.3 is 8.98 Å². The molecule has 0 spiro atoms. The van der Waals surface area contributed by atoms with Crippen molar-refractivity contribution < 1.29 is 4.42 Å². The SMILES string of the molecule is CCCCc1ccccc1-c1cc2c3ccccc3n(-c3ccc(-c4nc(-c5ccccc5)nc(-c5ccc6oc7ccccc7c6c5)n4)cc3)c2cc1C. The summed E-state index contributed by atoms with van der Waals surface area (Å²) < 4.78 is 8.50. The van der Waals surface area contributed by atoms with Gasteiger partial charge in [-0.05, 0) is 109 Å². The fourth-order valence-electron chi connectivity index (χ4n) is 8.03. The van der Waals surface area contributed by atoms with E-state index in [0.717, 1.165) is 50.7 Å². The first-order chi connectivity index (χ1) is 27.1. The molecule has 10 rings (SSSR count). The molecular weight excluding hydrogens is 673 g/mol. The van der Waals surface area contributed by atoms with Gasteiger partial charge in [0.15, 0.2) is 17.5 Å². The molecule has 5 nitrogen and oxygen atoms in total. The minimum absolute atomic E-state index is 0.616. The quantitative estimate of drug-likeness (QED) is 0.158. The van der Waals surface area contributed by atoms with E-state index < -0.39 is 0 Å². The Morgan fingerprint density at radius 1 is 0.491 bits per heavy atom. The second-order valence-corrected chi connectivity index (χ2v) is 14.3. The van der Waals surface area contributed by atoms with Crippen molar-refractivity contribution in [3.8, 4) is 51.0 Å². The van der Waals surface area contributed by atoms with E-state index in [4.69, 9.17) is 19.4 Å². The van der Waals surface area contributed by atoms with Gasteiger partial charge in [-0.2, -0.15) is 0 Å². The molecule has 264 valence electrons. The molecule has 3 aromatic heterocycles. The smallest absolute Gasteiger partial charge is 0.164 e. The molecule has 3 heterocycles. The molecule has 55 heavy (non-hydrogen) atoms. The highest BCUT2D eigenvalue weighted by Crippen LogP contribution is 2.39. The standard InChI is InChI=1S/C50H38N4O/c1-3-4-14-33-15-8-9-18-38(33)41-31-42-39-19-10-12-21-44(39)54(45(42)29-32(41)2)37-26-23-35(24-27-37)49-51-48(34-16-6-5-7-17-34)52-50(53-49)36-25-28-47-43(30-36)40-20-11-13-22-46(40)55-47/h5-13,15-31H,3-4,14H2,1-2H3. The van der Waals surface area contributed by atoms with Crippen molar-refractivity contribution >= 4 is 43.7 Å². The number of unbranched alkanes of at least 4 members (excludes halogenated alkanes) is 1. The fourth-order valence-corrected chi connectivity index (χ4v) is 8.03. The number of aromatic nitrogens is 4. The summed E-state index contributed by atoms with van der Waals surface area (Å²) in [5.41, 5.74) is 13.2. The van der Waals surface area contributed by atoms with Crippen LogP contribution >= 0.6 is 0 Å². The molecule has 0 fully saturated rings. The second kappa shape index (κ2) is 13.5. The number of para-hydroxylation sites is 2. The summed E-state index contributed by atoms with van der Waals surface area (Å²) in [7, 11) is 0. The van der Waals surface area contributed by atoms with E-state index in [0.29, 0.717) is 17.5 Å². The highest BCUT2D eigenvalue weighted by Gasteiger charge is 2.18. The zero-order valence-corrected chi connectivity index (χ0v) is 30.8. The number of benzene rings is 7. The number of rotatable bonds is 8. The molecule has 10 aromatic rings. The van der Waals surface area contributed by atoms with Crippen LogP contribution in [0.3, 0.4) is 0 Å². The van der Waals surface area contributed by atoms with Crippen molar-refractivity contribution in [3.05, 3.63) is 169 Å². The zero-order valence-electron chi connectivity index (χ0n) is 30.8. The van der Waals surface area contributed by atoms with Crippen LogP contribution in [0.15, 0.2) is 162 Å². The minimum atomic E-state index is 0.616. The summed E-state index contributed by atoms with van der Waals surface area (Å²) in [6.07, 6.45) is 3.46. The summed E-state index contributed by atoms with van der Waals surface area (Å²) in [6.45, 7) is 4.50. The predicted molar refractivity (Wildman–Crippen MR) is 227 cm³/mol. The number of fused-ring (bicyclic) bond motifs is 6. The van der Waals surface area contributed by atoms with Crippen molar-refractivity contribution in [1.29, 1.82) is 0 Å². The van der Waals surface area contributed by atoms with E-state index in [1.807, 2.05) is 60.7 Å². The summed E-state index contributed by atoms with van der Waals surface area (Å²) >= 11 is 0. The second-order valence-electron chi connectivity index (χ2n) is 14.3. The van der Waals surface area contributed by atoms with Crippen LogP contribution in [0.5, 0.6) is 0 Å². The van der Waals surface area contributed by atoms with Crippen molar-refractivity contribution in [1.82, 2.24) is 19.5 Å². The monoisotopic (exact) mass is 710 g/mol. The lowest BCUT2D eigenvalue weighted by Gasteiger charge is -2.14. The van der Waals surface area contributed by atoms with Crippen LogP contribution in [0.2, 0.25) is 0 Å². The molecule has 0 aliphatic carbocycles. The Hall–Kier alpha value is -6.85. The average molecular weight is 711 g/mol. The van der Waals surface area contributed by atoms with Crippen LogP contribution in [0.25, 0.3) is 94.7 Å². The van der Waals surface area contributed by atoms with Crippen molar-refractivity contribution in [2.75, 3.05) is 0 Å². The van der Waals surface area contributed by atoms with Crippen LogP contribution in [0.4, 0.5) is 0 Å². The third-order valence-electron chi connectivity index (χ3n) is 10.8. The molecule has 0 aliphatic heterocycles. The first-order valence-electron chi connectivity index (χ1n) is 19.1. The molecule has 5 heteroatoms. The molecular formula is C50H38N4O. The van der Waals surface area contributed by atoms with Gasteiger partial charge >= 0.3 is 0 Å². The van der Waals surface area contributed by atoms with E-state index in [2.05, 4.69) is 115 Å². The molecule has 0 bridgehead atoms. The Labute approximate surface area is 319 Å². The van der Waals surface area contributed by atoms with E-state index in [1.165, 1.54) is 56.9 Å². The molecule has 0 radical (unpaired) electrons. The first kappa shape index (κ1) is 32.8. The van der Waals surface area contributed by atoms with Gasteiger partial charge in [0.25, 0.3) is 0 Å². The maximum Gasteiger partial charge on any atom is 0.164 e. The first-order valence-corrected chi connectivity index (χ1v) is 19.1. The Morgan fingerprint density at radius 2 is 1.13 bits per heavy atom. The van der Waals surface area contributed by atoms with Crippen LogP contribution in [0.1, 0.15) is 30.9 Å². The van der Waals surface area contributed by atoms with Crippen molar-refractivity contribution in [2.24, 2.45) is 0 Å². The summed E-state index contributed by atoms with van der Waals surface area (Å²) in [5.74, 6) is 1.87. The lowest BCUT2D eigenvalue weighted by atomic mass is 9.92. The normalized spacial score (nSPS) is 11.7.